The van der Waals surface area contributed by atoms with Gasteiger partial charge in [0.2, 0.25) is 0 Å². The Bertz CT molecular complexity index is 574. The Morgan fingerprint density at radius 3 is 2.75 bits per heavy atom. The van der Waals surface area contributed by atoms with Crippen molar-refractivity contribution in [2.75, 3.05) is 13.4 Å². The van der Waals surface area contributed by atoms with E-state index in [1.807, 2.05) is 0 Å². The Hall–Kier alpha value is -0.620. The maximum atomic E-state index is 11.8. The maximum absolute atomic E-state index is 11.8. The molecular weight excluding hydrogens is 298 g/mol. The first-order chi connectivity index (χ1) is 9.41. The molecule has 0 bridgehead atoms. The van der Waals surface area contributed by atoms with E-state index < -0.39 is 9.84 Å². The number of methoxy groups -OCH3 is 1. The second-order valence-corrected chi connectivity index (χ2v) is 7.63. The molecule has 20 heavy (non-hydrogen) atoms. The van der Waals surface area contributed by atoms with Gasteiger partial charge in [-0.05, 0) is 31.4 Å². The zero-order valence-electron chi connectivity index (χ0n) is 11.7. The van der Waals surface area contributed by atoms with Gasteiger partial charge in [-0.3, -0.25) is 0 Å². The van der Waals surface area contributed by atoms with Crippen LogP contribution in [0.1, 0.15) is 24.8 Å². The van der Waals surface area contributed by atoms with Crippen LogP contribution in [0.15, 0.2) is 23.1 Å². The Balaban J connectivity index is 2.10. The summed E-state index contributed by atoms with van der Waals surface area (Å²) in [5, 5.41) is 3.87. The molecular formula is C14H20ClNO3S. The van der Waals surface area contributed by atoms with Crippen LogP contribution in [-0.4, -0.2) is 33.9 Å². The number of halogens is 1. The van der Waals surface area contributed by atoms with Gasteiger partial charge < -0.3 is 10.1 Å². The highest BCUT2D eigenvalue weighted by Crippen LogP contribution is 2.26. The number of hydrogen-bond donors (Lipinski definition) is 1. The van der Waals surface area contributed by atoms with Crippen molar-refractivity contribution in [3.05, 3.63) is 28.8 Å². The van der Waals surface area contributed by atoms with Crippen LogP contribution >= 0.6 is 11.6 Å². The smallest absolute Gasteiger partial charge is 0.175 e. The fraction of sp³-hybridized carbons (Fsp3) is 0.571. The first-order valence-electron chi connectivity index (χ1n) is 6.65. The molecule has 0 aromatic heterocycles. The molecule has 4 nitrogen and oxygen atoms in total. The summed E-state index contributed by atoms with van der Waals surface area (Å²) in [4.78, 5) is 0.304. The molecule has 6 heteroatoms. The van der Waals surface area contributed by atoms with Crippen molar-refractivity contribution >= 4 is 21.4 Å². The molecule has 0 spiro atoms. The van der Waals surface area contributed by atoms with Crippen LogP contribution in [0.5, 0.6) is 0 Å². The van der Waals surface area contributed by atoms with Crippen molar-refractivity contribution in [2.24, 2.45) is 0 Å². The summed E-state index contributed by atoms with van der Waals surface area (Å²) in [6.45, 7) is 0.461. The van der Waals surface area contributed by atoms with Crippen LogP contribution in [0, 0.1) is 0 Å². The van der Waals surface area contributed by atoms with Crippen molar-refractivity contribution in [1.29, 1.82) is 0 Å². The molecule has 0 heterocycles. The number of benzene rings is 1. The van der Waals surface area contributed by atoms with E-state index in [9.17, 15) is 8.42 Å². The number of rotatable bonds is 5. The molecule has 0 aliphatic heterocycles. The van der Waals surface area contributed by atoms with E-state index in [0.29, 0.717) is 34.2 Å². The van der Waals surface area contributed by atoms with Crippen LogP contribution in [0.3, 0.4) is 0 Å². The van der Waals surface area contributed by atoms with E-state index in [0.717, 1.165) is 19.3 Å². The fourth-order valence-electron chi connectivity index (χ4n) is 2.64. The SMILES string of the molecule is COC1CCC(NCc2c(Cl)cccc2S(C)(=O)=O)C1. The molecule has 1 fully saturated rings. The van der Waals surface area contributed by atoms with E-state index in [-0.39, 0.29) is 0 Å². The minimum atomic E-state index is -3.27. The highest BCUT2D eigenvalue weighted by molar-refractivity contribution is 7.90. The normalized spacial score (nSPS) is 23.1. The van der Waals surface area contributed by atoms with Gasteiger partial charge in [-0.25, -0.2) is 8.42 Å². The van der Waals surface area contributed by atoms with Crippen molar-refractivity contribution < 1.29 is 13.2 Å². The average Bonchev–Trinajstić information content (AvgIpc) is 2.84. The summed E-state index contributed by atoms with van der Waals surface area (Å²) >= 11 is 6.15. The first-order valence-corrected chi connectivity index (χ1v) is 8.92. The van der Waals surface area contributed by atoms with Gasteiger partial charge in [-0.1, -0.05) is 17.7 Å². The van der Waals surface area contributed by atoms with Gasteiger partial charge in [0.05, 0.1) is 11.0 Å². The lowest BCUT2D eigenvalue weighted by molar-refractivity contribution is 0.107. The van der Waals surface area contributed by atoms with Crippen LogP contribution in [0.2, 0.25) is 5.02 Å². The summed E-state index contributed by atoms with van der Waals surface area (Å²) < 4.78 is 28.9. The molecule has 0 amide bonds. The second kappa shape index (κ2) is 6.43. The number of nitrogens with one attached hydrogen (secondary N) is 1. The van der Waals surface area contributed by atoms with Gasteiger partial charge >= 0.3 is 0 Å². The molecule has 1 aliphatic carbocycles. The largest absolute Gasteiger partial charge is 0.381 e. The Morgan fingerprint density at radius 1 is 1.40 bits per heavy atom. The van der Waals surface area contributed by atoms with E-state index >= 15 is 0 Å². The van der Waals surface area contributed by atoms with Crippen LogP contribution in [0.25, 0.3) is 0 Å². The van der Waals surface area contributed by atoms with E-state index in [1.165, 1.54) is 6.26 Å². The lowest BCUT2D eigenvalue weighted by Crippen LogP contribution is -2.27. The highest BCUT2D eigenvalue weighted by Gasteiger charge is 2.24. The summed E-state index contributed by atoms with van der Waals surface area (Å²) in [5.74, 6) is 0. The van der Waals surface area contributed by atoms with E-state index in [1.54, 1.807) is 25.3 Å². The Kier molecular flexibility index (Phi) is 5.07. The molecule has 1 aromatic rings. The third kappa shape index (κ3) is 3.73. The van der Waals surface area contributed by atoms with E-state index in [2.05, 4.69) is 5.32 Å². The third-order valence-electron chi connectivity index (χ3n) is 3.76. The summed E-state index contributed by atoms with van der Waals surface area (Å²) in [6, 6.07) is 5.34. The molecule has 2 rings (SSSR count). The lowest BCUT2D eigenvalue weighted by Gasteiger charge is -2.15. The van der Waals surface area contributed by atoms with Crippen LogP contribution in [0.4, 0.5) is 0 Å². The first kappa shape index (κ1) is 15.8. The molecule has 2 atom stereocenters. The average molecular weight is 318 g/mol. The fourth-order valence-corrected chi connectivity index (χ4v) is 3.90. The van der Waals surface area contributed by atoms with Crippen molar-refractivity contribution in [1.82, 2.24) is 5.32 Å². The molecule has 0 saturated heterocycles. The summed E-state index contributed by atoms with van der Waals surface area (Å²) in [6.07, 6.45) is 4.54. The lowest BCUT2D eigenvalue weighted by atomic mass is 10.2. The molecule has 1 aliphatic rings. The molecule has 112 valence electrons. The molecule has 1 saturated carbocycles. The van der Waals surface area contributed by atoms with Gasteiger partial charge in [0.25, 0.3) is 0 Å². The monoisotopic (exact) mass is 317 g/mol. The van der Waals surface area contributed by atoms with Gasteiger partial charge in [0.15, 0.2) is 9.84 Å². The maximum Gasteiger partial charge on any atom is 0.175 e. The van der Waals surface area contributed by atoms with Gasteiger partial charge in [-0.2, -0.15) is 0 Å². The predicted molar refractivity (Wildman–Crippen MR) is 79.8 cm³/mol. The quantitative estimate of drug-likeness (QED) is 0.906. The van der Waals surface area contributed by atoms with Gasteiger partial charge in [-0.15, -0.1) is 0 Å². The highest BCUT2D eigenvalue weighted by atomic mass is 35.5. The van der Waals surface area contributed by atoms with Crippen molar-refractivity contribution in [2.45, 2.75) is 42.8 Å². The Labute approximate surface area is 125 Å². The minimum Gasteiger partial charge on any atom is -0.381 e. The number of ether oxygens (including phenoxy) is 1. The van der Waals surface area contributed by atoms with Crippen LogP contribution in [-0.2, 0) is 21.1 Å². The standard InChI is InChI=1S/C14H20ClNO3S/c1-19-11-7-6-10(8-11)16-9-12-13(15)4-3-5-14(12)20(2,17)18/h3-5,10-11,16H,6-9H2,1-2H3. The minimum absolute atomic E-state index is 0.299. The summed E-state index contributed by atoms with van der Waals surface area (Å²) in [7, 11) is -1.54. The number of hydrogen-bond acceptors (Lipinski definition) is 4. The van der Waals surface area contributed by atoms with Crippen molar-refractivity contribution in [3.63, 3.8) is 0 Å². The topological polar surface area (TPSA) is 55.4 Å². The Morgan fingerprint density at radius 2 is 2.15 bits per heavy atom. The zero-order valence-corrected chi connectivity index (χ0v) is 13.3. The van der Waals surface area contributed by atoms with E-state index in [4.69, 9.17) is 16.3 Å². The van der Waals surface area contributed by atoms with Crippen molar-refractivity contribution in [3.8, 4) is 0 Å². The summed E-state index contributed by atoms with van der Waals surface area (Å²) in [5.41, 5.74) is 0.650. The molecule has 0 radical (unpaired) electrons. The third-order valence-corrected chi connectivity index (χ3v) is 5.30. The predicted octanol–water partition coefficient (Wildman–Crippen LogP) is 2.40. The van der Waals surface area contributed by atoms with Gasteiger partial charge in [0.1, 0.15) is 0 Å². The second-order valence-electron chi connectivity index (χ2n) is 5.24. The zero-order chi connectivity index (χ0) is 14.8. The molecule has 1 N–H and O–H groups in total. The molecule has 2 unspecified atom stereocenters. The number of sulfone groups is 1. The molecule has 1 aromatic carbocycles. The van der Waals surface area contributed by atoms with Gasteiger partial charge in [0, 0.05) is 36.5 Å². The van der Waals surface area contributed by atoms with Crippen LogP contribution < -0.4 is 5.32 Å².